The molecule has 0 aromatic heterocycles. The molecule has 2 N–H and O–H groups in total. The van der Waals surface area contributed by atoms with E-state index in [-0.39, 0.29) is 11.3 Å². The van der Waals surface area contributed by atoms with Crippen molar-refractivity contribution in [1.29, 1.82) is 0 Å². The van der Waals surface area contributed by atoms with Gasteiger partial charge in [0.15, 0.2) is 0 Å². The van der Waals surface area contributed by atoms with E-state index in [1.807, 2.05) is 6.92 Å². The molecule has 0 aromatic carbocycles. The van der Waals surface area contributed by atoms with Gasteiger partial charge in [-0.2, -0.15) is 0 Å². The first-order valence-electron chi connectivity index (χ1n) is 7.49. The summed E-state index contributed by atoms with van der Waals surface area (Å²) in [5.41, 5.74) is 0.163. The van der Waals surface area contributed by atoms with Crippen LogP contribution in [0.15, 0.2) is 0 Å². The number of hydrogen-bond donors (Lipinski definition) is 2. The topological polar surface area (TPSA) is 50.4 Å². The van der Waals surface area contributed by atoms with E-state index in [0.717, 1.165) is 19.6 Å². The van der Waals surface area contributed by atoms with Crippen molar-refractivity contribution in [3.8, 4) is 0 Å². The average Bonchev–Trinajstić information content (AvgIpc) is 2.31. The minimum Gasteiger partial charge on any atom is -0.377 e. The van der Waals surface area contributed by atoms with Crippen molar-refractivity contribution in [3.63, 3.8) is 0 Å². The summed E-state index contributed by atoms with van der Waals surface area (Å²) in [4.78, 5) is 11.4. The van der Waals surface area contributed by atoms with Crippen LogP contribution in [0.25, 0.3) is 0 Å². The molecule has 4 heteroatoms. The monoisotopic (exact) mass is 270 g/mol. The molecule has 1 aliphatic carbocycles. The van der Waals surface area contributed by atoms with Crippen LogP contribution in [0.5, 0.6) is 0 Å². The van der Waals surface area contributed by atoms with Crippen LogP contribution in [-0.2, 0) is 9.53 Å². The van der Waals surface area contributed by atoms with Gasteiger partial charge in [-0.15, -0.1) is 0 Å². The van der Waals surface area contributed by atoms with Crippen LogP contribution < -0.4 is 10.6 Å². The van der Waals surface area contributed by atoms with Gasteiger partial charge in [-0.1, -0.05) is 27.7 Å². The van der Waals surface area contributed by atoms with Crippen molar-refractivity contribution in [3.05, 3.63) is 0 Å². The van der Waals surface area contributed by atoms with Gasteiger partial charge in [-0.3, -0.25) is 4.79 Å². The third kappa shape index (κ3) is 4.77. The van der Waals surface area contributed by atoms with Crippen molar-refractivity contribution in [1.82, 2.24) is 10.6 Å². The lowest BCUT2D eigenvalue weighted by Crippen LogP contribution is -2.61. The minimum atomic E-state index is 0.125. The fraction of sp³-hybridized carbons (Fsp3) is 0.933. The van der Waals surface area contributed by atoms with Gasteiger partial charge >= 0.3 is 0 Å². The van der Waals surface area contributed by atoms with E-state index in [4.69, 9.17) is 4.74 Å². The summed E-state index contributed by atoms with van der Waals surface area (Å²) >= 11 is 0. The zero-order chi connectivity index (χ0) is 14.5. The third-order valence-corrected chi connectivity index (χ3v) is 3.93. The van der Waals surface area contributed by atoms with Crippen LogP contribution >= 0.6 is 0 Å². The highest BCUT2D eigenvalue weighted by molar-refractivity contribution is 5.75. The second kappa shape index (κ2) is 7.25. The average molecular weight is 270 g/mol. The highest BCUT2D eigenvalue weighted by Crippen LogP contribution is 2.42. The SMILES string of the molecule is CCNC(=O)CCNC1CC(OCC(C)C)C1(C)C. The van der Waals surface area contributed by atoms with Crippen LogP contribution in [0, 0.1) is 11.3 Å². The first-order valence-corrected chi connectivity index (χ1v) is 7.49. The summed E-state index contributed by atoms with van der Waals surface area (Å²) in [6, 6.07) is 0.457. The maximum atomic E-state index is 11.4. The maximum absolute atomic E-state index is 11.4. The lowest BCUT2D eigenvalue weighted by Gasteiger charge is -2.52. The lowest BCUT2D eigenvalue weighted by atomic mass is 9.64. The quantitative estimate of drug-likeness (QED) is 0.709. The summed E-state index contributed by atoms with van der Waals surface area (Å²) in [5.74, 6) is 0.709. The van der Waals surface area contributed by atoms with Gasteiger partial charge in [0.1, 0.15) is 0 Å². The van der Waals surface area contributed by atoms with Crippen molar-refractivity contribution < 1.29 is 9.53 Å². The normalized spacial score (nSPS) is 25.2. The van der Waals surface area contributed by atoms with Crippen LogP contribution in [0.4, 0.5) is 0 Å². The molecule has 1 fully saturated rings. The number of hydrogen-bond acceptors (Lipinski definition) is 3. The van der Waals surface area contributed by atoms with E-state index < -0.39 is 0 Å². The smallest absolute Gasteiger partial charge is 0.221 e. The summed E-state index contributed by atoms with van der Waals surface area (Å²) in [6.07, 6.45) is 1.95. The number of carbonyl (C=O) groups is 1. The number of rotatable bonds is 8. The second-order valence-electron chi connectivity index (χ2n) is 6.48. The Hall–Kier alpha value is -0.610. The van der Waals surface area contributed by atoms with Crippen molar-refractivity contribution >= 4 is 5.91 Å². The summed E-state index contributed by atoms with van der Waals surface area (Å²) in [5, 5.41) is 6.29. The number of amides is 1. The fourth-order valence-electron chi connectivity index (χ4n) is 2.47. The molecule has 2 atom stereocenters. The molecule has 2 unspecified atom stereocenters. The standard InChI is InChI=1S/C15H30N2O2/c1-6-16-14(18)7-8-17-12-9-13(15(12,4)5)19-10-11(2)3/h11-13,17H,6-10H2,1-5H3,(H,16,18). The van der Waals surface area contributed by atoms with Crippen LogP contribution in [0.2, 0.25) is 0 Å². The Balaban J connectivity index is 2.21. The predicted molar refractivity (Wildman–Crippen MR) is 78.1 cm³/mol. The molecule has 19 heavy (non-hydrogen) atoms. The third-order valence-electron chi connectivity index (χ3n) is 3.93. The number of nitrogens with one attached hydrogen (secondary N) is 2. The van der Waals surface area contributed by atoms with E-state index in [1.54, 1.807) is 0 Å². The fourth-order valence-corrected chi connectivity index (χ4v) is 2.47. The highest BCUT2D eigenvalue weighted by Gasteiger charge is 2.48. The molecule has 0 heterocycles. The molecule has 112 valence electrons. The molecule has 0 spiro atoms. The van der Waals surface area contributed by atoms with Gasteiger partial charge in [-0.05, 0) is 19.3 Å². The predicted octanol–water partition coefficient (Wildman–Crippen LogP) is 1.94. The molecular formula is C15H30N2O2. The largest absolute Gasteiger partial charge is 0.377 e. The number of ether oxygens (including phenoxy) is 1. The Morgan fingerprint density at radius 1 is 1.42 bits per heavy atom. The van der Waals surface area contributed by atoms with Crippen LogP contribution in [0.1, 0.15) is 47.5 Å². The Bertz CT molecular complexity index is 290. The van der Waals surface area contributed by atoms with E-state index in [1.165, 1.54) is 0 Å². The van der Waals surface area contributed by atoms with Gasteiger partial charge in [0.2, 0.25) is 5.91 Å². The Morgan fingerprint density at radius 3 is 2.63 bits per heavy atom. The summed E-state index contributed by atoms with van der Waals surface area (Å²) < 4.78 is 5.93. The van der Waals surface area contributed by atoms with Crippen molar-refractivity contribution in [2.24, 2.45) is 11.3 Å². The molecule has 1 aliphatic rings. The van der Waals surface area contributed by atoms with Gasteiger partial charge in [-0.25, -0.2) is 0 Å². The molecule has 0 saturated heterocycles. The zero-order valence-corrected chi connectivity index (χ0v) is 13.1. The summed E-state index contributed by atoms with van der Waals surface area (Å²) in [7, 11) is 0. The minimum absolute atomic E-state index is 0.125. The highest BCUT2D eigenvalue weighted by atomic mass is 16.5. The maximum Gasteiger partial charge on any atom is 0.221 e. The van der Waals surface area contributed by atoms with Crippen LogP contribution in [-0.4, -0.2) is 37.7 Å². The molecule has 1 saturated carbocycles. The molecule has 0 aromatic rings. The Kier molecular flexibility index (Phi) is 6.27. The Morgan fingerprint density at radius 2 is 2.11 bits per heavy atom. The van der Waals surface area contributed by atoms with Crippen LogP contribution in [0.3, 0.4) is 0 Å². The van der Waals surface area contributed by atoms with Gasteiger partial charge in [0.25, 0.3) is 0 Å². The molecule has 0 bridgehead atoms. The van der Waals surface area contributed by atoms with Gasteiger partial charge < -0.3 is 15.4 Å². The summed E-state index contributed by atoms with van der Waals surface area (Å²) in [6.45, 7) is 13.1. The molecular weight excluding hydrogens is 240 g/mol. The number of carbonyl (C=O) groups excluding carboxylic acids is 1. The van der Waals surface area contributed by atoms with Crippen molar-refractivity contribution in [2.45, 2.75) is 59.6 Å². The van der Waals surface area contributed by atoms with Gasteiger partial charge in [0, 0.05) is 37.6 Å². The first-order chi connectivity index (χ1) is 8.87. The molecule has 0 radical (unpaired) electrons. The van der Waals surface area contributed by atoms with Crippen molar-refractivity contribution in [2.75, 3.05) is 19.7 Å². The first kappa shape index (κ1) is 16.4. The molecule has 4 nitrogen and oxygen atoms in total. The second-order valence-corrected chi connectivity index (χ2v) is 6.48. The lowest BCUT2D eigenvalue weighted by molar-refractivity contribution is -0.126. The van der Waals surface area contributed by atoms with Gasteiger partial charge in [0.05, 0.1) is 6.10 Å². The van der Waals surface area contributed by atoms with E-state index in [0.29, 0.717) is 31.0 Å². The zero-order valence-electron chi connectivity index (χ0n) is 13.1. The Labute approximate surface area is 117 Å². The molecule has 1 rings (SSSR count). The van der Waals surface area contributed by atoms with E-state index >= 15 is 0 Å². The van der Waals surface area contributed by atoms with E-state index in [2.05, 4.69) is 38.3 Å². The van der Waals surface area contributed by atoms with E-state index in [9.17, 15) is 4.79 Å². The molecule has 1 amide bonds. The molecule has 0 aliphatic heterocycles.